The average Bonchev–Trinajstić information content (AvgIpc) is 3.07. The van der Waals surface area contributed by atoms with Crippen LogP contribution in [0.1, 0.15) is 38.3 Å². The highest BCUT2D eigenvalue weighted by Crippen LogP contribution is 2.46. The van der Waals surface area contributed by atoms with Gasteiger partial charge >= 0.3 is 11.3 Å². The lowest BCUT2D eigenvalue weighted by Crippen LogP contribution is -2.43. The summed E-state index contributed by atoms with van der Waals surface area (Å²) in [5, 5.41) is 12.3. The Kier molecular flexibility index (Phi) is 4.50. The predicted molar refractivity (Wildman–Crippen MR) is 103 cm³/mol. The van der Waals surface area contributed by atoms with Gasteiger partial charge in [0.2, 0.25) is 11.6 Å². The maximum absolute atomic E-state index is 13.1. The van der Waals surface area contributed by atoms with Crippen LogP contribution in [0.15, 0.2) is 56.4 Å². The summed E-state index contributed by atoms with van der Waals surface area (Å²) in [6.45, 7) is 3.91. The molecule has 4 rings (SSSR count). The van der Waals surface area contributed by atoms with Gasteiger partial charge < -0.3 is 15.2 Å². The standard InChI is InChI=1S/C21H20N4O5/c1-21(2)8-14(26)17-15(9-21)29-19(23)13(10-22)16(17)18-20(27)30-24-25(18)11-4-6-12(28-3)7-5-11/h4-7,16H,8-9,23H2,1-3H3/p+1. The summed E-state index contributed by atoms with van der Waals surface area (Å²) in [7, 11) is 1.55. The number of nitrogens with zero attached hydrogens (tertiary/aromatic N) is 2. The van der Waals surface area contributed by atoms with Gasteiger partial charge in [-0.3, -0.25) is 9.32 Å². The third kappa shape index (κ3) is 3.06. The van der Waals surface area contributed by atoms with Crippen LogP contribution in [0.25, 0.3) is 5.69 Å². The van der Waals surface area contributed by atoms with Gasteiger partial charge in [-0.05, 0) is 27.5 Å². The number of aromatic nitrogens is 2. The van der Waals surface area contributed by atoms with Gasteiger partial charge in [0, 0.05) is 25.0 Å². The highest BCUT2D eigenvalue weighted by molar-refractivity contribution is 5.99. The summed E-state index contributed by atoms with van der Waals surface area (Å²) in [6, 6.07) is 8.87. The van der Waals surface area contributed by atoms with Crippen molar-refractivity contribution in [3.63, 3.8) is 0 Å². The molecule has 2 heterocycles. The van der Waals surface area contributed by atoms with E-state index in [0.717, 1.165) is 0 Å². The van der Waals surface area contributed by atoms with Crippen LogP contribution in [0, 0.1) is 16.7 Å². The minimum Gasteiger partial charge on any atom is -0.497 e. The number of Topliss-reactive ketones (excluding diaryl/α,β-unsaturated/α-hetero) is 1. The number of carbonyl (C=O) groups excluding carboxylic acids is 1. The van der Waals surface area contributed by atoms with Gasteiger partial charge in [0.1, 0.15) is 29.1 Å². The van der Waals surface area contributed by atoms with Crippen molar-refractivity contribution < 1.29 is 23.5 Å². The fourth-order valence-corrected chi connectivity index (χ4v) is 4.01. The molecule has 0 bridgehead atoms. The van der Waals surface area contributed by atoms with Crippen molar-refractivity contribution in [3.8, 4) is 17.5 Å². The summed E-state index contributed by atoms with van der Waals surface area (Å²) >= 11 is 0. The van der Waals surface area contributed by atoms with Crippen LogP contribution >= 0.6 is 0 Å². The third-order valence-corrected chi connectivity index (χ3v) is 5.36. The van der Waals surface area contributed by atoms with Crippen molar-refractivity contribution in [2.45, 2.75) is 32.6 Å². The first-order valence-electron chi connectivity index (χ1n) is 9.37. The van der Waals surface area contributed by atoms with Crippen LogP contribution in [0.4, 0.5) is 0 Å². The second-order valence-corrected chi connectivity index (χ2v) is 8.10. The Balaban J connectivity index is 1.93. The lowest BCUT2D eigenvalue weighted by molar-refractivity contribution is -0.677. The molecule has 2 aliphatic rings. The maximum Gasteiger partial charge on any atom is 0.431 e. The van der Waals surface area contributed by atoms with Gasteiger partial charge in [-0.15, -0.1) is 0 Å². The Morgan fingerprint density at radius 1 is 1.27 bits per heavy atom. The molecule has 0 fully saturated rings. The van der Waals surface area contributed by atoms with Gasteiger partial charge in [-0.2, -0.15) is 5.26 Å². The Morgan fingerprint density at radius 2 is 1.97 bits per heavy atom. The summed E-state index contributed by atoms with van der Waals surface area (Å²) in [4.78, 5) is 25.8. The van der Waals surface area contributed by atoms with E-state index in [2.05, 4.69) is 5.27 Å². The highest BCUT2D eigenvalue weighted by Gasteiger charge is 2.48. The number of benzene rings is 1. The average molecular weight is 409 g/mol. The van der Waals surface area contributed by atoms with Crippen molar-refractivity contribution in [3.05, 3.63) is 63.2 Å². The van der Waals surface area contributed by atoms with Crippen LogP contribution in [0.2, 0.25) is 0 Å². The Morgan fingerprint density at radius 3 is 2.60 bits per heavy atom. The number of ether oxygens (including phenoxy) is 2. The lowest BCUT2D eigenvalue weighted by Gasteiger charge is -2.35. The molecule has 9 heteroatoms. The van der Waals surface area contributed by atoms with Crippen molar-refractivity contribution in [2.24, 2.45) is 11.1 Å². The summed E-state index contributed by atoms with van der Waals surface area (Å²) in [6.07, 6.45) is 0.727. The van der Waals surface area contributed by atoms with Gasteiger partial charge in [-0.1, -0.05) is 13.8 Å². The van der Waals surface area contributed by atoms with Crippen LogP contribution in [-0.4, -0.2) is 18.2 Å². The van der Waals surface area contributed by atoms with Gasteiger partial charge in [-0.25, -0.2) is 4.79 Å². The number of nitrogens with one attached hydrogen (secondary N) is 1. The van der Waals surface area contributed by atoms with Gasteiger partial charge in [0.25, 0.3) is 0 Å². The first kappa shape index (κ1) is 19.5. The van der Waals surface area contributed by atoms with Crippen molar-refractivity contribution in [1.82, 2.24) is 5.27 Å². The summed E-state index contributed by atoms with van der Waals surface area (Å²) in [5.41, 5.74) is 5.90. The number of allylic oxidation sites excluding steroid dienone is 3. The number of nitriles is 1. The van der Waals surface area contributed by atoms with Crippen molar-refractivity contribution in [1.29, 1.82) is 5.26 Å². The number of nitrogens with two attached hydrogens (primary N) is 1. The lowest BCUT2D eigenvalue weighted by atomic mass is 9.71. The fourth-order valence-electron chi connectivity index (χ4n) is 4.01. The number of hydrogen-bond donors (Lipinski definition) is 2. The minimum absolute atomic E-state index is 0.00373. The summed E-state index contributed by atoms with van der Waals surface area (Å²) in [5.74, 6) is -0.275. The summed E-state index contributed by atoms with van der Waals surface area (Å²) < 4.78 is 17.3. The molecule has 3 N–H and O–H groups in total. The zero-order valence-corrected chi connectivity index (χ0v) is 16.8. The predicted octanol–water partition coefficient (Wildman–Crippen LogP) is 1.70. The first-order valence-corrected chi connectivity index (χ1v) is 9.37. The van der Waals surface area contributed by atoms with Crippen LogP contribution in [-0.2, 0) is 9.53 Å². The van der Waals surface area contributed by atoms with Crippen LogP contribution in [0.3, 0.4) is 0 Å². The molecule has 0 radical (unpaired) electrons. The quantitative estimate of drug-likeness (QED) is 0.737. The molecule has 1 aliphatic heterocycles. The molecule has 154 valence electrons. The maximum atomic E-state index is 13.1. The third-order valence-electron chi connectivity index (χ3n) is 5.36. The fraction of sp³-hybridized carbons (Fsp3) is 0.333. The van der Waals surface area contributed by atoms with E-state index in [-0.39, 0.29) is 40.3 Å². The molecule has 1 aromatic heterocycles. The highest BCUT2D eigenvalue weighted by atomic mass is 16.5. The molecular formula is C21H21N4O5+. The molecule has 9 nitrogen and oxygen atoms in total. The van der Waals surface area contributed by atoms with E-state index in [9.17, 15) is 14.9 Å². The zero-order chi connectivity index (χ0) is 21.6. The van der Waals surface area contributed by atoms with E-state index >= 15 is 0 Å². The van der Waals surface area contributed by atoms with Crippen molar-refractivity contribution in [2.75, 3.05) is 7.11 Å². The van der Waals surface area contributed by atoms with E-state index in [0.29, 0.717) is 23.6 Å². The number of methoxy groups -OCH3 is 1. The first-order chi connectivity index (χ1) is 14.3. The smallest absolute Gasteiger partial charge is 0.431 e. The van der Waals surface area contributed by atoms with Gasteiger partial charge in [0.05, 0.1) is 12.7 Å². The number of rotatable bonds is 3. The Bertz CT molecular complexity index is 1190. The molecule has 1 unspecified atom stereocenters. The Hall–Kier alpha value is -3.80. The normalized spacial score (nSPS) is 20.5. The molecule has 30 heavy (non-hydrogen) atoms. The minimum atomic E-state index is -0.994. The molecule has 1 aromatic carbocycles. The molecule has 1 aliphatic carbocycles. The van der Waals surface area contributed by atoms with E-state index in [1.807, 2.05) is 19.9 Å². The number of H-pyrrole nitrogens is 1. The number of ketones is 1. The van der Waals surface area contributed by atoms with Crippen molar-refractivity contribution >= 4 is 5.78 Å². The van der Waals surface area contributed by atoms with Crippen LogP contribution in [0.5, 0.6) is 5.75 Å². The number of carbonyl (C=O) groups is 1. The monoisotopic (exact) mass is 409 g/mol. The van der Waals surface area contributed by atoms with E-state index in [4.69, 9.17) is 19.7 Å². The molecule has 0 spiro atoms. The molecule has 0 saturated carbocycles. The molecular weight excluding hydrogens is 388 g/mol. The Labute approximate surface area is 171 Å². The second kappa shape index (κ2) is 6.91. The van der Waals surface area contributed by atoms with E-state index in [1.54, 1.807) is 31.4 Å². The number of hydrogen-bond acceptors (Lipinski definition) is 7. The molecule has 0 amide bonds. The SMILES string of the molecule is COc1ccc(-[n+]2[nH]oc(=O)c2C2C(C#N)=C(N)OC3=C2C(=O)CC(C)(C)C3)cc1. The molecule has 1 atom stereocenters. The molecule has 2 aromatic rings. The second-order valence-electron chi connectivity index (χ2n) is 8.10. The van der Waals surface area contributed by atoms with E-state index < -0.39 is 11.5 Å². The van der Waals surface area contributed by atoms with E-state index in [1.165, 1.54) is 4.68 Å². The van der Waals surface area contributed by atoms with Crippen LogP contribution < -0.4 is 20.8 Å². The largest absolute Gasteiger partial charge is 0.497 e. The topological polar surface area (TPSA) is 135 Å². The van der Waals surface area contributed by atoms with Gasteiger partial charge in [0.15, 0.2) is 5.78 Å². The molecule has 0 saturated heterocycles. The number of aromatic amines is 1. The zero-order valence-electron chi connectivity index (χ0n) is 16.8.